The summed E-state index contributed by atoms with van der Waals surface area (Å²) in [6.45, 7) is 4.00. The van der Waals surface area contributed by atoms with Crippen molar-refractivity contribution < 1.29 is 46.0 Å². The van der Waals surface area contributed by atoms with Crippen molar-refractivity contribution in [1.82, 2.24) is 9.13 Å². The maximum Gasteiger partial charge on any atom is 0.208 e. The molecule has 0 radical (unpaired) electrons. The van der Waals surface area contributed by atoms with E-state index >= 15 is 0 Å². The number of hydrogen-bond acceptors (Lipinski definition) is 9. The van der Waals surface area contributed by atoms with Crippen LogP contribution >= 0.6 is 0 Å². The molecular weight excluding hydrogens is 773 g/mol. The molecule has 0 atom stereocenters. The topological polar surface area (TPSA) is 192 Å². The molecule has 0 aliphatic heterocycles. The third kappa shape index (κ3) is 5.74. The van der Waals surface area contributed by atoms with Gasteiger partial charge in [0.25, 0.3) is 0 Å². The lowest BCUT2D eigenvalue weighted by Crippen LogP contribution is -1.99. The molecule has 2 aromatic heterocycles. The molecule has 0 fully saturated rings. The Morgan fingerprint density at radius 3 is 1.38 bits per heavy atom. The molecular formula is C50H38N2O9. The molecule has 61 heavy (non-hydrogen) atoms. The van der Waals surface area contributed by atoms with Gasteiger partial charge in [-0.2, -0.15) is 0 Å². The minimum Gasteiger partial charge on any atom is -0.507 e. The summed E-state index contributed by atoms with van der Waals surface area (Å²) in [6, 6.07) is 43.6. The average molecular weight is 811 g/mol. The lowest BCUT2D eigenvalue weighted by molar-refractivity contribution is 0.330. The zero-order chi connectivity index (χ0) is 42.9. The number of benzene rings is 8. The summed E-state index contributed by atoms with van der Waals surface area (Å²) in [7, 11) is 0. The van der Waals surface area contributed by atoms with Gasteiger partial charge in [0.05, 0.1) is 38.9 Å². The van der Waals surface area contributed by atoms with Crippen LogP contribution in [0.5, 0.6) is 51.7 Å². The van der Waals surface area contributed by atoms with Crippen LogP contribution in [0, 0.1) is 0 Å². The van der Waals surface area contributed by atoms with E-state index in [9.17, 15) is 46.0 Å². The predicted octanol–water partition coefficient (Wildman–Crippen LogP) is 11.3. The lowest BCUT2D eigenvalue weighted by atomic mass is 9.94. The second-order valence-electron chi connectivity index (χ2n) is 14.3. The molecule has 0 spiro atoms. The summed E-state index contributed by atoms with van der Waals surface area (Å²) in [5, 5.41) is 99.8. The normalized spacial score (nSPS) is 11.4. The summed E-state index contributed by atoms with van der Waals surface area (Å²) in [4.78, 5) is 0. The van der Waals surface area contributed by atoms with Gasteiger partial charge in [0, 0.05) is 38.9 Å². The van der Waals surface area contributed by atoms with E-state index in [1.165, 1.54) is 18.2 Å². The van der Waals surface area contributed by atoms with Gasteiger partial charge < -0.3 is 55.1 Å². The Labute approximate surface area is 347 Å². The number of para-hydroxylation sites is 3. The zero-order valence-electron chi connectivity index (χ0n) is 32.7. The lowest BCUT2D eigenvalue weighted by Gasteiger charge is -2.19. The molecule has 0 saturated carbocycles. The van der Waals surface area contributed by atoms with Gasteiger partial charge in [-0.1, -0.05) is 92.7 Å². The van der Waals surface area contributed by atoms with Gasteiger partial charge >= 0.3 is 0 Å². The van der Waals surface area contributed by atoms with Crippen LogP contribution in [0.15, 0.2) is 140 Å². The number of nitrogens with zero attached hydrogens (tertiary/aromatic N) is 2. The molecule has 8 aromatic carbocycles. The standard InChI is InChI=1S/C48H32N2O9.C2H6/c51-38-23-39(52)42(53)45(56)41(38)30-17-14-26(40-43(54)46(57)48(59)47(58)44(40)55)22-37(30)50-34-13-7-5-11-29(34)32-21-25(16-19-36(32)50)24-15-18-35-31(20-24)28-10-4-6-12-33(28)49(35)27-8-2-1-3-9-27;1-2/h1-23,51-59H;1-2H3. The first-order valence-corrected chi connectivity index (χ1v) is 19.5. The Bertz CT molecular complexity index is 3360. The third-order valence-corrected chi connectivity index (χ3v) is 11.1. The first kappa shape index (κ1) is 38.1. The van der Waals surface area contributed by atoms with E-state index in [2.05, 4.69) is 53.1 Å². The summed E-state index contributed by atoms with van der Waals surface area (Å²) < 4.78 is 4.09. The first-order valence-electron chi connectivity index (χ1n) is 19.5. The second kappa shape index (κ2) is 14.4. The SMILES string of the molecule is CC.Oc1cc(O)c(-c2ccc(-c3c(O)c(O)c(O)c(O)c3O)cc2-n2c3ccccc3c3cc(-c4ccc5c(c4)c4ccccc4n5-c4ccccc4)ccc32)c(O)c1O. The van der Waals surface area contributed by atoms with E-state index < -0.39 is 57.3 Å². The fraction of sp³-hybridized carbons (Fsp3) is 0.0400. The highest BCUT2D eigenvalue weighted by Gasteiger charge is 2.28. The Balaban J connectivity index is 0.00000235. The van der Waals surface area contributed by atoms with Gasteiger partial charge in [0.2, 0.25) is 23.0 Å². The Morgan fingerprint density at radius 1 is 0.328 bits per heavy atom. The van der Waals surface area contributed by atoms with Crippen LogP contribution in [0.4, 0.5) is 0 Å². The summed E-state index contributed by atoms with van der Waals surface area (Å²) in [5.41, 5.74) is 6.24. The molecule has 11 heteroatoms. The number of phenolic OH excluding ortho intramolecular Hbond substituents is 9. The summed E-state index contributed by atoms with van der Waals surface area (Å²) in [6.07, 6.45) is 0. The van der Waals surface area contributed by atoms with Crippen LogP contribution in [-0.2, 0) is 0 Å². The van der Waals surface area contributed by atoms with Crippen LogP contribution in [0.1, 0.15) is 13.8 Å². The third-order valence-electron chi connectivity index (χ3n) is 11.1. The maximum absolute atomic E-state index is 11.2. The van der Waals surface area contributed by atoms with E-state index in [0.29, 0.717) is 11.0 Å². The molecule has 2 heterocycles. The molecule has 11 nitrogen and oxygen atoms in total. The van der Waals surface area contributed by atoms with Crippen LogP contribution in [-0.4, -0.2) is 55.1 Å². The largest absolute Gasteiger partial charge is 0.507 e. The summed E-state index contributed by atoms with van der Waals surface area (Å²) in [5.74, 6) is -8.07. The van der Waals surface area contributed by atoms with Gasteiger partial charge in [-0.25, -0.2) is 0 Å². The van der Waals surface area contributed by atoms with Crippen molar-refractivity contribution >= 4 is 43.6 Å². The van der Waals surface area contributed by atoms with Crippen LogP contribution in [0.25, 0.3) is 88.4 Å². The molecule has 0 aliphatic rings. The summed E-state index contributed by atoms with van der Waals surface area (Å²) >= 11 is 0. The number of aromatic hydroxyl groups is 9. The first-order chi connectivity index (χ1) is 29.5. The maximum atomic E-state index is 11.2. The number of fused-ring (bicyclic) bond motifs is 6. The molecule has 0 saturated heterocycles. The van der Waals surface area contributed by atoms with Crippen LogP contribution in [0.3, 0.4) is 0 Å². The van der Waals surface area contributed by atoms with E-state index in [4.69, 9.17) is 0 Å². The van der Waals surface area contributed by atoms with Crippen LogP contribution < -0.4 is 0 Å². The molecule has 0 unspecified atom stereocenters. The fourth-order valence-corrected chi connectivity index (χ4v) is 8.36. The minimum atomic E-state index is -1.12. The second-order valence-corrected chi connectivity index (χ2v) is 14.3. The monoisotopic (exact) mass is 810 g/mol. The molecule has 0 bridgehead atoms. The van der Waals surface area contributed by atoms with Crippen molar-refractivity contribution in [1.29, 1.82) is 0 Å². The zero-order valence-corrected chi connectivity index (χ0v) is 32.7. The molecule has 0 amide bonds. The number of phenols is 9. The van der Waals surface area contributed by atoms with Gasteiger partial charge in [-0.05, 0) is 71.3 Å². The fourth-order valence-electron chi connectivity index (χ4n) is 8.36. The minimum absolute atomic E-state index is 0.0526. The van der Waals surface area contributed by atoms with Gasteiger partial charge in [-0.15, -0.1) is 0 Å². The Kier molecular flexibility index (Phi) is 9.01. The van der Waals surface area contributed by atoms with Gasteiger partial charge in [0.15, 0.2) is 23.0 Å². The van der Waals surface area contributed by atoms with Gasteiger partial charge in [-0.3, -0.25) is 0 Å². The van der Waals surface area contributed by atoms with Crippen molar-refractivity contribution in [3.63, 3.8) is 0 Å². The molecule has 10 aromatic rings. The van der Waals surface area contributed by atoms with E-state index in [-0.39, 0.29) is 22.4 Å². The van der Waals surface area contributed by atoms with Crippen molar-refractivity contribution in [3.8, 4) is 96.5 Å². The molecule has 9 N–H and O–H groups in total. The number of hydrogen-bond donors (Lipinski definition) is 9. The number of aromatic nitrogens is 2. The smallest absolute Gasteiger partial charge is 0.208 e. The quantitative estimate of drug-likeness (QED) is 0.0601. The highest BCUT2D eigenvalue weighted by molar-refractivity contribution is 6.13. The number of rotatable bonds is 5. The van der Waals surface area contributed by atoms with Gasteiger partial charge in [0.1, 0.15) is 5.75 Å². The van der Waals surface area contributed by atoms with Crippen LogP contribution in [0.2, 0.25) is 0 Å². The average Bonchev–Trinajstić information content (AvgIpc) is 3.80. The van der Waals surface area contributed by atoms with E-state index in [1.807, 2.05) is 85.1 Å². The Morgan fingerprint density at radius 2 is 0.787 bits per heavy atom. The van der Waals surface area contributed by atoms with Crippen molar-refractivity contribution in [3.05, 3.63) is 140 Å². The van der Waals surface area contributed by atoms with Crippen molar-refractivity contribution in [2.75, 3.05) is 0 Å². The van der Waals surface area contributed by atoms with E-state index in [1.54, 1.807) is 0 Å². The van der Waals surface area contributed by atoms with Crippen molar-refractivity contribution in [2.45, 2.75) is 13.8 Å². The molecule has 0 aliphatic carbocycles. The highest BCUT2D eigenvalue weighted by Crippen LogP contribution is 2.56. The van der Waals surface area contributed by atoms with E-state index in [0.717, 1.165) is 55.5 Å². The highest BCUT2D eigenvalue weighted by atomic mass is 16.4. The molecule has 302 valence electrons. The van der Waals surface area contributed by atoms with Crippen molar-refractivity contribution in [2.24, 2.45) is 0 Å². The Hall–Kier alpha value is -8.44. The molecule has 10 rings (SSSR count). The predicted molar refractivity (Wildman–Crippen MR) is 238 cm³/mol.